The highest BCUT2D eigenvalue weighted by Crippen LogP contribution is 2.38. The van der Waals surface area contributed by atoms with E-state index < -0.39 is 12.1 Å². The monoisotopic (exact) mass is 275 g/mol. The average molecular weight is 275 g/mol. The van der Waals surface area contributed by atoms with Crippen molar-refractivity contribution in [3.05, 3.63) is 29.6 Å². The van der Waals surface area contributed by atoms with Gasteiger partial charge >= 0.3 is 6.18 Å². The van der Waals surface area contributed by atoms with Gasteiger partial charge in [-0.2, -0.15) is 13.2 Å². The number of hydrogen-bond donors (Lipinski definition) is 1. The van der Waals surface area contributed by atoms with Gasteiger partial charge in [0.1, 0.15) is 5.82 Å². The second-order valence-electron chi connectivity index (χ2n) is 5.22. The Morgan fingerprint density at radius 2 is 1.74 bits per heavy atom. The smallest absolute Gasteiger partial charge is 0.380 e. The number of halogens is 4. The van der Waals surface area contributed by atoms with Crippen molar-refractivity contribution in [1.29, 1.82) is 0 Å². The minimum Gasteiger partial charge on any atom is -0.380 e. The molecule has 1 saturated carbocycles. The van der Waals surface area contributed by atoms with Crippen LogP contribution in [0.3, 0.4) is 0 Å². The van der Waals surface area contributed by atoms with Crippen molar-refractivity contribution >= 4 is 5.69 Å². The molecule has 0 unspecified atom stereocenters. The van der Waals surface area contributed by atoms with Gasteiger partial charge < -0.3 is 5.32 Å². The molecule has 1 nitrogen and oxygen atoms in total. The third kappa shape index (κ3) is 3.61. The van der Waals surface area contributed by atoms with Crippen molar-refractivity contribution in [1.82, 2.24) is 0 Å². The molecule has 0 radical (unpaired) electrons. The molecule has 0 atom stereocenters. The van der Waals surface area contributed by atoms with Crippen LogP contribution in [0.2, 0.25) is 0 Å². The normalized spacial score (nSPS) is 24.3. The predicted octanol–water partition coefficient (Wildman–Crippen LogP) is 4.67. The fourth-order valence-electron chi connectivity index (χ4n) is 2.53. The number of anilines is 1. The molecule has 0 amide bonds. The van der Waals surface area contributed by atoms with Crippen molar-refractivity contribution in [2.45, 2.75) is 44.8 Å². The molecular formula is C14H17F4N. The Morgan fingerprint density at radius 1 is 1.11 bits per heavy atom. The maximum Gasteiger partial charge on any atom is 0.391 e. The quantitative estimate of drug-likeness (QED) is 0.773. The third-order valence-corrected chi connectivity index (χ3v) is 3.67. The Kier molecular flexibility index (Phi) is 4.02. The second kappa shape index (κ2) is 5.39. The summed E-state index contributed by atoms with van der Waals surface area (Å²) >= 11 is 0. The molecule has 2 rings (SSSR count). The van der Waals surface area contributed by atoms with E-state index in [1.165, 1.54) is 6.07 Å². The van der Waals surface area contributed by atoms with E-state index in [1.807, 2.05) is 6.92 Å². The Bertz CT molecular complexity index is 434. The van der Waals surface area contributed by atoms with Gasteiger partial charge in [-0.05, 0) is 50.3 Å². The Balaban J connectivity index is 1.94. The standard InChI is InChI=1S/C14H17F4N/c1-9-2-7-12(15)13(8-9)19-11-5-3-10(4-6-11)14(16,17)18/h2,7-8,10-11,19H,3-6H2,1H3. The lowest BCUT2D eigenvalue weighted by atomic mass is 9.85. The second-order valence-corrected chi connectivity index (χ2v) is 5.22. The molecule has 0 aromatic heterocycles. The molecule has 0 aliphatic heterocycles. The molecule has 0 saturated heterocycles. The Morgan fingerprint density at radius 3 is 2.32 bits per heavy atom. The molecule has 1 N–H and O–H groups in total. The van der Waals surface area contributed by atoms with Crippen LogP contribution in [0.4, 0.5) is 23.2 Å². The zero-order chi connectivity index (χ0) is 14.0. The van der Waals surface area contributed by atoms with Crippen LogP contribution in [-0.2, 0) is 0 Å². The third-order valence-electron chi connectivity index (χ3n) is 3.67. The Hall–Kier alpha value is -1.26. The molecule has 1 aromatic carbocycles. The summed E-state index contributed by atoms with van der Waals surface area (Å²) in [6.45, 7) is 1.85. The maximum absolute atomic E-state index is 13.5. The zero-order valence-electron chi connectivity index (χ0n) is 10.7. The lowest BCUT2D eigenvalue weighted by Gasteiger charge is -2.31. The molecular weight excluding hydrogens is 258 g/mol. The molecule has 19 heavy (non-hydrogen) atoms. The van der Waals surface area contributed by atoms with Gasteiger partial charge in [0.05, 0.1) is 11.6 Å². The summed E-state index contributed by atoms with van der Waals surface area (Å²) in [7, 11) is 0. The van der Waals surface area contributed by atoms with Crippen molar-refractivity contribution in [2.24, 2.45) is 5.92 Å². The van der Waals surface area contributed by atoms with Gasteiger partial charge in [-0.1, -0.05) is 6.07 Å². The molecule has 0 heterocycles. The van der Waals surface area contributed by atoms with Gasteiger partial charge in [0.2, 0.25) is 0 Å². The van der Waals surface area contributed by atoms with Crippen LogP contribution < -0.4 is 5.32 Å². The van der Waals surface area contributed by atoms with Crippen molar-refractivity contribution in [3.8, 4) is 0 Å². The number of alkyl halides is 3. The van der Waals surface area contributed by atoms with Gasteiger partial charge in [0.15, 0.2) is 0 Å². The fraction of sp³-hybridized carbons (Fsp3) is 0.571. The van der Waals surface area contributed by atoms with Crippen LogP contribution in [0, 0.1) is 18.7 Å². The van der Waals surface area contributed by atoms with Gasteiger partial charge in [-0.15, -0.1) is 0 Å². The first-order chi connectivity index (χ1) is 8.86. The van der Waals surface area contributed by atoms with Crippen LogP contribution in [-0.4, -0.2) is 12.2 Å². The summed E-state index contributed by atoms with van der Waals surface area (Å²) in [5.74, 6) is -1.56. The van der Waals surface area contributed by atoms with Crippen molar-refractivity contribution in [3.63, 3.8) is 0 Å². The molecule has 106 valence electrons. The first-order valence-corrected chi connectivity index (χ1v) is 6.45. The summed E-state index contributed by atoms with van der Waals surface area (Å²) in [6.07, 6.45) is -3.00. The highest BCUT2D eigenvalue weighted by Gasteiger charge is 2.41. The van der Waals surface area contributed by atoms with E-state index in [1.54, 1.807) is 12.1 Å². The van der Waals surface area contributed by atoms with E-state index >= 15 is 0 Å². The van der Waals surface area contributed by atoms with E-state index in [4.69, 9.17) is 0 Å². The molecule has 1 aliphatic rings. The van der Waals surface area contributed by atoms with Crippen LogP contribution in [0.5, 0.6) is 0 Å². The summed E-state index contributed by atoms with van der Waals surface area (Å²) in [5.41, 5.74) is 1.31. The van der Waals surface area contributed by atoms with Gasteiger partial charge in [-0.25, -0.2) is 4.39 Å². The highest BCUT2D eigenvalue weighted by atomic mass is 19.4. The lowest BCUT2D eigenvalue weighted by Crippen LogP contribution is -2.33. The molecule has 1 fully saturated rings. The molecule has 0 spiro atoms. The first kappa shape index (κ1) is 14.2. The fourth-order valence-corrected chi connectivity index (χ4v) is 2.53. The van der Waals surface area contributed by atoms with Crippen LogP contribution in [0.1, 0.15) is 31.2 Å². The molecule has 0 bridgehead atoms. The van der Waals surface area contributed by atoms with Crippen molar-refractivity contribution in [2.75, 3.05) is 5.32 Å². The minimum atomic E-state index is -4.10. The van der Waals surface area contributed by atoms with E-state index in [0.717, 1.165) is 5.56 Å². The molecule has 1 aliphatic carbocycles. The van der Waals surface area contributed by atoms with Crippen LogP contribution in [0.25, 0.3) is 0 Å². The SMILES string of the molecule is Cc1ccc(F)c(NC2CCC(C(F)(F)F)CC2)c1. The van der Waals surface area contributed by atoms with E-state index in [2.05, 4.69) is 5.32 Å². The summed E-state index contributed by atoms with van der Waals surface area (Å²) in [5, 5.41) is 3.02. The van der Waals surface area contributed by atoms with Gasteiger partial charge in [0, 0.05) is 6.04 Å². The number of nitrogens with one attached hydrogen (secondary N) is 1. The summed E-state index contributed by atoms with van der Waals surface area (Å²) < 4.78 is 51.1. The Labute approximate surface area is 110 Å². The van der Waals surface area contributed by atoms with Crippen molar-refractivity contribution < 1.29 is 17.6 Å². The number of aryl methyl sites for hydroxylation is 1. The minimum absolute atomic E-state index is 0.0742. The van der Waals surface area contributed by atoms with E-state index in [9.17, 15) is 17.6 Å². The number of benzene rings is 1. The number of hydrogen-bond acceptors (Lipinski definition) is 1. The largest absolute Gasteiger partial charge is 0.391 e. The number of rotatable bonds is 2. The average Bonchev–Trinajstić information content (AvgIpc) is 2.33. The zero-order valence-corrected chi connectivity index (χ0v) is 10.7. The maximum atomic E-state index is 13.5. The first-order valence-electron chi connectivity index (χ1n) is 6.45. The van der Waals surface area contributed by atoms with E-state index in [-0.39, 0.29) is 24.7 Å². The summed E-state index contributed by atoms with van der Waals surface area (Å²) in [4.78, 5) is 0. The van der Waals surface area contributed by atoms with Gasteiger partial charge in [0.25, 0.3) is 0 Å². The topological polar surface area (TPSA) is 12.0 Å². The van der Waals surface area contributed by atoms with Crippen LogP contribution in [0.15, 0.2) is 18.2 Å². The van der Waals surface area contributed by atoms with Gasteiger partial charge in [-0.3, -0.25) is 0 Å². The molecule has 1 aromatic rings. The van der Waals surface area contributed by atoms with Crippen LogP contribution >= 0.6 is 0 Å². The summed E-state index contributed by atoms with van der Waals surface area (Å²) in [6, 6.07) is 4.65. The lowest BCUT2D eigenvalue weighted by molar-refractivity contribution is -0.182. The van der Waals surface area contributed by atoms with E-state index in [0.29, 0.717) is 18.5 Å². The predicted molar refractivity (Wildman–Crippen MR) is 66.6 cm³/mol. The highest BCUT2D eigenvalue weighted by molar-refractivity contribution is 5.47. The molecule has 5 heteroatoms.